The molecule has 11 aromatic carbocycles. The summed E-state index contributed by atoms with van der Waals surface area (Å²) in [5.41, 5.74) is 16.5. The summed E-state index contributed by atoms with van der Waals surface area (Å²) in [6.07, 6.45) is 0. The van der Waals surface area contributed by atoms with Crippen LogP contribution in [0.5, 0.6) is 0 Å². The van der Waals surface area contributed by atoms with Crippen LogP contribution in [0.4, 0.5) is 28.4 Å². The second-order valence-electron chi connectivity index (χ2n) is 17.7. The van der Waals surface area contributed by atoms with E-state index in [2.05, 4.69) is 287 Å². The van der Waals surface area contributed by atoms with E-state index >= 15 is 0 Å². The van der Waals surface area contributed by atoms with Crippen LogP contribution >= 0.6 is 0 Å². The number of para-hydroxylation sites is 4. The van der Waals surface area contributed by atoms with E-state index in [1.165, 1.54) is 54.9 Å². The second-order valence-corrected chi connectivity index (χ2v) is 17.7. The summed E-state index contributed by atoms with van der Waals surface area (Å²) in [6, 6.07) is 100. The summed E-state index contributed by atoms with van der Waals surface area (Å²) >= 11 is 0. The van der Waals surface area contributed by atoms with Crippen LogP contribution in [-0.2, 0) is 5.54 Å². The first-order valence-electron chi connectivity index (χ1n) is 23.4. The number of anilines is 5. The van der Waals surface area contributed by atoms with E-state index in [1.807, 2.05) is 0 Å². The molecule has 1 aliphatic carbocycles. The number of rotatable bonds is 9. The van der Waals surface area contributed by atoms with E-state index in [-0.39, 0.29) is 0 Å². The molecule has 1 atom stereocenters. The fraction of sp³-hybridized carbons (Fsp3) is 0.0154. The van der Waals surface area contributed by atoms with Crippen LogP contribution in [0.15, 0.2) is 273 Å². The van der Waals surface area contributed by atoms with Gasteiger partial charge in [0.2, 0.25) is 0 Å². The van der Waals surface area contributed by atoms with Gasteiger partial charge in [0.1, 0.15) is 5.54 Å². The fourth-order valence-corrected chi connectivity index (χ4v) is 11.1. The van der Waals surface area contributed by atoms with Crippen molar-refractivity contribution in [2.24, 2.45) is 0 Å². The molecule has 12 aromatic rings. The number of fused-ring (bicyclic) bond motifs is 7. The minimum Gasteiger partial charge on any atom is -0.323 e. The molecule has 0 saturated carbocycles. The largest absolute Gasteiger partial charge is 0.323 e. The van der Waals surface area contributed by atoms with Crippen molar-refractivity contribution in [2.75, 3.05) is 9.80 Å². The Morgan fingerprint density at radius 1 is 0.324 bits per heavy atom. The molecule has 0 fully saturated rings. The van der Waals surface area contributed by atoms with Gasteiger partial charge in [0.25, 0.3) is 0 Å². The van der Waals surface area contributed by atoms with Crippen LogP contribution in [0.1, 0.15) is 16.7 Å². The maximum absolute atomic E-state index is 2.59. The summed E-state index contributed by atoms with van der Waals surface area (Å²) < 4.78 is 2.41. The SMILES string of the molecule is c1ccc(-c2ccccc2N(c2ccc3c(c2)C(c2ccccc2)(N(c2ccccc2)c2ccc4ccccc4c2)c2ccccc2-3)c2ccc3c4ccccc4n(-c4ccccc4)c3c2)cc1. The van der Waals surface area contributed by atoms with E-state index in [0.717, 1.165) is 50.8 Å². The maximum Gasteiger partial charge on any atom is 0.122 e. The van der Waals surface area contributed by atoms with Crippen LogP contribution in [0.25, 0.3) is 60.5 Å². The van der Waals surface area contributed by atoms with Gasteiger partial charge < -0.3 is 14.4 Å². The van der Waals surface area contributed by atoms with E-state index < -0.39 is 5.54 Å². The average molecular weight is 868 g/mol. The predicted octanol–water partition coefficient (Wildman–Crippen LogP) is 17.2. The molecule has 1 aromatic heterocycles. The van der Waals surface area contributed by atoms with Crippen LogP contribution in [0, 0.1) is 0 Å². The van der Waals surface area contributed by atoms with Crippen molar-refractivity contribution in [3.63, 3.8) is 0 Å². The molecule has 3 heteroatoms. The summed E-state index contributed by atoms with van der Waals surface area (Å²) in [5.74, 6) is 0. The van der Waals surface area contributed by atoms with Crippen LogP contribution in [0.3, 0.4) is 0 Å². The van der Waals surface area contributed by atoms with Gasteiger partial charge in [-0.25, -0.2) is 0 Å². The van der Waals surface area contributed by atoms with E-state index in [0.29, 0.717) is 0 Å². The lowest BCUT2D eigenvalue weighted by Gasteiger charge is -2.45. The highest BCUT2D eigenvalue weighted by molar-refractivity contribution is 6.10. The first kappa shape index (κ1) is 39.4. The Bertz CT molecular complexity index is 3800. The van der Waals surface area contributed by atoms with Gasteiger partial charge in [0, 0.05) is 44.8 Å². The first-order chi connectivity index (χ1) is 33.8. The lowest BCUT2D eigenvalue weighted by Crippen LogP contribution is -2.44. The summed E-state index contributed by atoms with van der Waals surface area (Å²) in [5, 5.41) is 4.85. The fourth-order valence-electron chi connectivity index (χ4n) is 11.1. The Morgan fingerprint density at radius 3 is 1.71 bits per heavy atom. The molecule has 0 amide bonds. The normalized spacial score (nSPS) is 13.9. The molecule has 0 aliphatic heterocycles. The lowest BCUT2D eigenvalue weighted by molar-refractivity contribution is 0.644. The Morgan fingerprint density at radius 2 is 0.897 bits per heavy atom. The molecule has 0 radical (unpaired) electrons. The third-order valence-electron chi connectivity index (χ3n) is 14.0. The smallest absolute Gasteiger partial charge is 0.122 e. The summed E-state index contributed by atoms with van der Waals surface area (Å²) in [6.45, 7) is 0. The molecule has 320 valence electrons. The molecule has 3 nitrogen and oxygen atoms in total. The van der Waals surface area contributed by atoms with Gasteiger partial charge >= 0.3 is 0 Å². The quantitative estimate of drug-likeness (QED) is 0.143. The molecule has 0 spiro atoms. The molecule has 0 saturated heterocycles. The van der Waals surface area contributed by atoms with Crippen molar-refractivity contribution in [3.05, 3.63) is 290 Å². The van der Waals surface area contributed by atoms with Crippen molar-refractivity contribution in [1.82, 2.24) is 4.57 Å². The number of hydrogen-bond acceptors (Lipinski definition) is 2. The van der Waals surface area contributed by atoms with Gasteiger partial charge in [0.05, 0.1) is 16.7 Å². The lowest BCUT2D eigenvalue weighted by atomic mass is 9.78. The zero-order chi connectivity index (χ0) is 45.0. The highest BCUT2D eigenvalue weighted by atomic mass is 15.2. The van der Waals surface area contributed by atoms with E-state index in [4.69, 9.17) is 0 Å². The van der Waals surface area contributed by atoms with Crippen LogP contribution in [0.2, 0.25) is 0 Å². The maximum atomic E-state index is 2.59. The van der Waals surface area contributed by atoms with Gasteiger partial charge in [-0.1, -0.05) is 200 Å². The molecule has 0 N–H and O–H groups in total. The van der Waals surface area contributed by atoms with Crippen molar-refractivity contribution >= 4 is 61.0 Å². The highest BCUT2D eigenvalue weighted by Crippen LogP contribution is 2.59. The third kappa shape index (κ3) is 6.21. The zero-order valence-electron chi connectivity index (χ0n) is 37.3. The summed E-state index contributed by atoms with van der Waals surface area (Å²) in [7, 11) is 0. The molecular weight excluding hydrogens is 823 g/mol. The minimum atomic E-state index is -0.790. The van der Waals surface area contributed by atoms with Gasteiger partial charge in [-0.15, -0.1) is 0 Å². The molecule has 1 heterocycles. The zero-order valence-corrected chi connectivity index (χ0v) is 37.3. The molecular formula is C65H45N3. The number of benzene rings is 11. The first-order valence-corrected chi connectivity index (χ1v) is 23.4. The molecule has 68 heavy (non-hydrogen) atoms. The topological polar surface area (TPSA) is 11.4 Å². The van der Waals surface area contributed by atoms with E-state index in [9.17, 15) is 0 Å². The van der Waals surface area contributed by atoms with Crippen molar-refractivity contribution < 1.29 is 0 Å². The highest BCUT2D eigenvalue weighted by Gasteiger charge is 2.50. The van der Waals surface area contributed by atoms with Crippen molar-refractivity contribution in [3.8, 4) is 27.9 Å². The molecule has 1 aliphatic rings. The Hall–Kier alpha value is -8.92. The number of aromatic nitrogens is 1. The van der Waals surface area contributed by atoms with Crippen molar-refractivity contribution in [2.45, 2.75) is 5.54 Å². The van der Waals surface area contributed by atoms with Gasteiger partial charge in [-0.2, -0.15) is 0 Å². The van der Waals surface area contributed by atoms with E-state index in [1.54, 1.807) is 0 Å². The van der Waals surface area contributed by atoms with Crippen LogP contribution < -0.4 is 9.80 Å². The predicted molar refractivity (Wildman–Crippen MR) is 285 cm³/mol. The second kappa shape index (κ2) is 16.2. The standard InChI is InChI=1S/C65H45N3/c1-5-22-47(23-6-1)55-31-16-19-35-62(55)66(53-40-42-59-58-33-17-20-36-63(58)67(64(59)45-53)50-27-9-3-10-28-50)52-39-41-57-56-32-15-18-34-60(56)65(61(57)44-52,49-25-7-2-8-26-49)68(51-29-11-4-12-30-51)54-38-37-46-21-13-14-24-48(46)43-54/h1-45H. The van der Waals surface area contributed by atoms with Crippen molar-refractivity contribution in [1.29, 1.82) is 0 Å². The molecule has 0 bridgehead atoms. The Kier molecular flexibility index (Phi) is 9.40. The van der Waals surface area contributed by atoms with Crippen LogP contribution in [-0.4, -0.2) is 4.57 Å². The third-order valence-corrected chi connectivity index (χ3v) is 14.0. The van der Waals surface area contributed by atoms with Gasteiger partial charge in [-0.3, -0.25) is 0 Å². The number of nitrogens with zero attached hydrogens (tertiary/aromatic N) is 3. The molecule has 1 unspecified atom stereocenters. The monoisotopic (exact) mass is 867 g/mol. The Labute approximate surface area is 396 Å². The minimum absolute atomic E-state index is 0.790. The average Bonchev–Trinajstić information content (AvgIpc) is 3.90. The summed E-state index contributed by atoms with van der Waals surface area (Å²) in [4.78, 5) is 5.08. The van der Waals surface area contributed by atoms with Gasteiger partial charge in [-0.05, 0) is 117 Å². The van der Waals surface area contributed by atoms with Gasteiger partial charge in [0.15, 0.2) is 0 Å². The molecule has 13 rings (SSSR count). The Balaban J connectivity index is 1.12. The number of hydrogen-bond donors (Lipinski definition) is 0.